The molecule has 19 heavy (non-hydrogen) atoms. The van der Waals surface area contributed by atoms with Crippen LogP contribution in [0.2, 0.25) is 0 Å². The lowest BCUT2D eigenvalue weighted by atomic mass is 9.92. The third-order valence-electron chi connectivity index (χ3n) is 4.03. The smallest absolute Gasteiger partial charge is 0.236 e. The van der Waals surface area contributed by atoms with Crippen molar-refractivity contribution in [2.24, 2.45) is 11.8 Å². The second-order valence-corrected chi connectivity index (χ2v) is 6.34. The van der Waals surface area contributed by atoms with Crippen molar-refractivity contribution >= 4 is 18.3 Å². The molecule has 2 heterocycles. The Morgan fingerprint density at radius 2 is 1.79 bits per heavy atom. The summed E-state index contributed by atoms with van der Waals surface area (Å²) < 4.78 is 0. The average Bonchev–Trinajstić information content (AvgIpc) is 2.27. The molecule has 0 aromatic carbocycles. The Morgan fingerprint density at radius 1 is 1.16 bits per heavy atom. The Bertz CT molecular complexity index is 290. The number of nitrogens with zero attached hydrogens (tertiary/aromatic N) is 2. The zero-order valence-corrected chi connectivity index (χ0v) is 13.2. The van der Waals surface area contributed by atoms with E-state index in [1.807, 2.05) is 0 Å². The van der Waals surface area contributed by atoms with Crippen molar-refractivity contribution in [2.75, 3.05) is 39.3 Å². The molecule has 5 heteroatoms. The minimum absolute atomic E-state index is 0. The second-order valence-electron chi connectivity index (χ2n) is 6.34. The van der Waals surface area contributed by atoms with Crippen molar-refractivity contribution < 1.29 is 4.79 Å². The normalized spacial score (nSPS) is 32.8. The third-order valence-corrected chi connectivity index (χ3v) is 4.03. The molecular formula is C14H28ClN3O. The quantitative estimate of drug-likeness (QED) is 0.830. The van der Waals surface area contributed by atoms with Crippen molar-refractivity contribution in [3.05, 3.63) is 0 Å². The van der Waals surface area contributed by atoms with Crippen molar-refractivity contribution in [3.63, 3.8) is 0 Å². The van der Waals surface area contributed by atoms with E-state index in [0.29, 0.717) is 30.3 Å². The molecule has 0 aromatic heterocycles. The van der Waals surface area contributed by atoms with Gasteiger partial charge in [-0.2, -0.15) is 0 Å². The molecule has 3 unspecified atom stereocenters. The number of hydrogen-bond donors (Lipinski definition) is 1. The van der Waals surface area contributed by atoms with Crippen LogP contribution < -0.4 is 5.32 Å². The van der Waals surface area contributed by atoms with Crippen LogP contribution in [0.25, 0.3) is 0 Å². The fourth-order valence-electron chi connectivity index (χ4n) is 3.31. The van der Waals surface area contributed by atoms with Crippen LogP contribution in [0.15, 0.2) is 0 Å². The zero-order chi connectivity index (χ0) is 13.1. The molecule has 2 saturated heterocycles. The van der Waals surface area contributed by atoms with E-state index in [2.05, 4.69) is 35.9 Å². The molecule has 0 radical (unpaired) electrons. The van der Waals surface area contributed by atoms with Crippen molar-refractivity contribution in [3.8, 4) is 0 Å². The van der Waals surface area contributed by atoms with E-state index in [1.165, 1.54) is 6.42 Å². The summed E-state index contributed by atoms with van der Waals surface area (Å²) >= 11 is 0. The Labute approximate surface area is 123 Å². The number of carbonyl (C=O) groups excluding carboxylic acids is 1. The van der Waals surface area contributed by atoms with Crippen LogP contribution in [0.3, 0.4) is 0 Å². The topological polar surface area (TPSA) is 35.6 Å². The summed E-state index contributed by atoms with van der Waals surface area (Å²) in [6.07, 6.45) is 1.26. The molecule has 0 aromatic rings. The highest BCUT2D eigenvalue weighted by molar-refractivity contribution is 5.85. The number of piperidine rings is 1. The third kappa shape index (κ3) is 4.93. The number of carbonyl (C=O) groups is 1. The van der Waals surface area contributed by atoms with Crippen molar-refractivity contribution in [1.29, 1.82) is 0 Å². The molecule has 2 aliphatic rings. The Hall–Kier alpha value is -0.320. The SMILES string of the molecule is CC1CC(C)CN(C(=O)CN2CCNC(C)C2)C1.Cl. The zero-order valence-electron chi connectivity index (χ0n) is 12.4. The van der Waals surface area contributed by atoms with Gasteiger partial charge in [0, 0.05) is 38.8 Å². The lowest BCUT2D eigenvalue weighted by Crippen LogP contribution is -2.53. The Morgan fingerprint density at radius 3 is 2.37 bits per heavy atom. The maximum absolute atomic E-state index is 12.3. The number of nitrogens with one attached hydrogen (secondary N) is 1. The predicted octanol–water partition coefficient (Wildman–Crippen LogP) is 1.21. The summed E-state index contributed by atoms with van der Waals surface area (Å²) in [4.78, 5) is 16.7. The number of hydrogen-bond acceptors (Lipinski definition) is 3. The molecule has 0 aliphatic carbocycles. The summed E-state index contributed by atoms with van der Waals surface area (Å²) in [5, 5.41) is 3.41. The summed E-state index contributed by atoms with van der Waals surface area (Å²) in [5.74, 6) is 1.63. The van der Waals surface area contributed by atoms with Crippen molar-refractivity contribution in [1.82, 2.24) is 15.1 Å². The predicted molar refractivity (Wildman–Crippen MR) is 80.7 cm³/mol. The van der Waals surface area contributed by atoms with Crippen LogP contribution in [0.1, 0.15) is 27.2 Å². The van der Waals surface area contributed by atoms with E-state index in [4.69, 9.17) is 0 Å². The highest BCUT2D eigenvalue weighted by Crippen LogP contribution is 2.21. The van der Waals surface area contributed by atoms with Gasteiger partial charge >= 0.3 is 0 Å². The van der Waals surface area contributed by atoms with Crippen LogP contribution in [-0.4, -0.2) is 61.0 Å². The molecule has 112 valence electrons. The first kappa shape index (κ1) is 16.7. The van der Waals surface area contributed by atoms with Crippen LogP contribution in [0.4, 0.5) is 0 Å². The van der Waals surface area contributed by atoms with Crippen LogP contribution in [0, 0.1) is 11.8 Å². The fourth-order valence-corrected chi connectivity index (χ4v) is 3.31. The molecular weight excluding hydrogens is 262 g/mol. The number of amides is 1. The Balaban J connectivity index is 0.00000180. The monoisotopic (exact) mass is 289 g/mol. The standard InChI is InChI=1S/C14H27N3O.ClH/c1-11-6-12(2)8-17(7-11)14(18)10-16-5-4-15-13(3)9-16;/h11-13,15H,4-10H2,1-3H3;1H. The molecule has 0 bridgehead atoms. The lowest BCUT2D eigenvalue weighted by molar-refractivity contribution is -0.135. The first-order chi connectivity index (χ1) is 8.54. The van der Waals surface area contributed by atoms with Crippen LogP contribution in [0.5, 0.6) is 0 Å². The highest BCUT2D eigenvalue weighted by atomic mass is 35.5. The number of likely N-dealkylation sites (tertiary alicyclic amines) is 1. The molecule has 0 saturated carbocycles. The molecule has 4 nitrogen and oxygen atoms in total. The average molecular weight is 290 g/mol. The minimum Gasteiger partial charge on any atom is -0.341 e. The highest BCUT2D eigenvalue weighted by Gasteiger charge is 2.27. The van der Waals surface area contributed by atoms with E-state index >= 15 is 0 Å². The molecule has 1 N–H and O–H groups in total. The van der Waals surface area contributed by atoms with E-state index in [0.717, 1.165) is 32.7 Å². The molecule has 1 amide bonds. The van der Waals surface area contributed by atoms with Gasteiger partial charge in [-0.25, -0.2) is 0 Å². The fraction of sp³-hybridized carbons (Fsp3) is 0.929. The van der Waals surface area contributed by atoms with Gasteiger partial charge < -0.3 is 10.2 Å². The first-order valence-electron chi connectivity index (χ1n) is 7.28. The number of rotatable bonds is 2. The second kappa shape index (κ2) is 7.46. The van der Waals surface area contributed by atoms with E-state index in [1.54, 1.807) is 0 Å². The van der Waals surface area contributed by atoms with Gasteiger partial charge in [0.2, 0.25) is 5.91 Å². The van der Waals surface area contributed by atoms with E-state index in [9.17, 15) is 4.79 Å². The van der Waals surface area contributed by atoms with Gasteiger partial charge in [-0.15, -0.1) is 12.4 Å². The summed E-state index contributed by atoms with van der Waals surface area (Å²) in [6, 6.07) is 0.505. The van der Waals surface area contributed by atoms with Gasteiger partial charge in [-0.3, -0.25) is 9.69 Å². The van der Waals surface area contributed by atoms with Crippen LogP contribution >= 0.6 is 12.4 Å². The van der Waals surface area contributed by atoms with E-state index in [-0.39, 0.29) is 12.4 Å². The Kier molecular flexibility index (Phi) is 6.57. The van der Waals surface area contributed by atoms with E-state index < -0.39 is 0 Å². The van der Waals surface area contributed by atoms with Gasteiger partial charge in [-0.1, -0.05) is 13.8 Å². The van der Waals surface area contributed by atoms with Gasteiger partial charge in [-0.05, 0) is 25.2 Å². The molecule has 2 rings (SSSR count). The maximum atomic E-state index is 12.3. The summed E-state index contributed by atoms with van der Waals surface area (Å²) in [6.45, 7) is 12.2. The van der Waals surface area contributed by atoms with Gasteiger partial charge in [0.15, 0.2) is 0 Å². The molecule has 3 atom stereocenters. The van der Waals surface area contributed by atoms with Crippen molar-refractivity contribution in [2.45, 2.75) is 33.2 Å². The number of piperazine rings is 1. The largest absolute Gasteiger partial charge is 0.341 e. The summed E-state index contributed by atoms with van der Waals surface area (Å²) in [5.41, 5.74) is 0. The first-order valence-corrected chi connectivity index (χ1v) is 7.28. The summed E-state index contributed by atoms with van der Waals surface area (Å²) in [7, 11) is 0. The molecule has 2 aliphatic heterocycles. The minimum atomic E-state index is 0. The van der Waals surface area contributed by atoms with Gasteiger partial charge in [0.05, 0.1) is 6.54 Å². The van der Waals surface area contributed by atoms with Gasteiger partial charge in [0.25, 0.3) is 0 Å². The number of halogens is 1. The molecule has 0 spiro atoms. The van der Waals surface area contributed by atoms with Crippen LogP contribution in [-0.2, 0) is 4.79 Å². The maximum Gasteiger partial charge on any atom is 0.236 e. The van der Waals surface area contributed by atoms with Gasteiger partial charge in [0.1, 0.15) is 0 Å². The lowest BCUT2D eigenvalue weighted by Gasteiger charge is -2.37. The molecule has 2 fully saturated rings.